The first kappa shape index (κ1) is 12.7. The summed E-state index contributed by atoms with van der Waals surface area (Å²) in [6.07, 6.45) is 2.61. The number of pyridine rings is 1. The summed E-state index contributed by atoms with van der Waals surface area (Å²) in [5, 5.41) is 3.22. The fourth-order valence-electron chi connectivity index (χ4n) is 1.65. The minimum Gasteiger partial charge on any atom is -0.493 e. The second kappa shape index (κ2) is 6.26. The number of hydrogen-bond donors (Lipinski definition) is 1. The number of anilines is 2. The predicted octanol–water partition coefficient (Wildman–Crippen LogP) is 3.62. The number of aromatic nitrogens is 1. The molecule has 18 heavy (non-hydrogen) atoms. The van der Waals surface area contributed by atoms with Crippen LogP contribution >= 0.6 is 11.6 Å². The zero-order valence-electron chi connectivity index (χ0n) is 10.2. The van der Waals surface area contributed by atoms with E-state index in [-0.39, 0.29) is 0 Å². The third-order valence-corrected chi connectivity index (χ3v) is 2.78. The van der Waals surface area contributed by atoms with Gasteiger partial charge in [-0.3, -0.25) is 0 Å². The minimum absolute atomic E-state index is 0.640. The van der Waals surface area contributed by atoms with E-state index in [4.69, 9.17) is 16.3 Å². The zero-order valence-corrected chi connectivity index (χ0v) is 10.9. The molecule has 3 nitrogen and oxygen atoms in total. The zero-order chi connectivity index (χ0) is 12.8. The van der Waals surface area contributed by atoms with Crippen molar-refractivity contribution in [2.45, 2.75) is 6.42 Å². The second-order valence-electron chi connectivity index (χ2n) is 3.82. The standard InChI is InChI=1S/C14H15ClN2O/c1-18-13-3-2-10-16-14(13)17-12-6-4-11(5-7-12)8-9-15/h2-7,10H,8-9H2,1H3,(H,16,17). The first-order valence-electron chi connectivity index (χ1n) is 5.74. The Morgan fingerprint density at radius 2 is 2.00 bits per heavy atom. The number of benzene rings is 1. The smallest absolute Gasteiger partial charge is 0.173 e. The van der Waals surface area contributed by atoms with Crippen molar-refractivity contribution < 1.29 is 4.74 Å². The predicted molar refractivity (Wildman–Crippen MR) is 74.9 cm³/mol. The molecule has 0 aliphatic carbocycles. The molecule has 1 aromatic heterocycles. The highest BCUT2D eigenvalue weighted by atomic mass is 35.5. The number of aryl methyl sites for hydroxylation is 1. The second-order valence-corrected chi connectivity index (χ2v) is 4.19. The van der Waals surface area contributed by atoms with Crippen LogP contribution in [0.15, 0.2) is 42.6 Å². The summed E-state index contributed by atoms with van der Waals surface area (Å²) in [5.41, 5.74) is 2.20. The first-order chi connectivity index (χ1) is 8.83. The van der Waals surface area contributed by atoms with Crippen LogP contribution in [0.3, 0.4) is 0 Å². The van der Waals surface area contributed by atoms with Crippen molar-refractivity contribution in [3.8, 4) is 5.75 Å². The van der Waals surface area contributed by atoms with E-state index < -0.39 is 0 Å². The average Bonchev–Trinajstić information content (AvgIpc) is 2.42. The summed E-state index contributed by atoms with van der Waals surface area (Å²) >= 11 is 5.70. The third-order valence-electron chi connectivity index (χ3n) is 2.59. The monoisotopic (exact) mass is 262 g/mol. The van der Waals surface area contributed by atoms with E-state index in [0.717, 1.165) is 17.9 Å². The van der Waals surface area contributed by atoms with Crippen LogP contribution in [0, 0.1) is 0 Å². The highest BCUT2D eigenvalue weighted by molar-refractivity contribution is 6.17. The van der Waals surface area contributed by atoms with Crippen LogP contribution in [0.1, 0.15) is 5.56 Å². The quantitative estimate of drug-likeness (QED) is 0.836. The lowest BCUT2D eigenvalue weighted by molar-refractivity contribution is 0.415. The lowest BCUT2D eigenvalue weighted by Crippen LogP contribution is -1.97. The van der Waals surface area contributed by atoms with Gasteiger partial charge in [0.15, 0.2) is 11.6 Å². The van der Waals surface area contributed by atoms with Crippen molar-refractivity contribution in [2.75, 3.05) is 18.3 Å². The van der Waals surface area contributed by atoms with Gasteiger partial charge in [0.25, 0.3) is 0 Å². The van der Waals surface area contributed by atoms with Crippen molar-refractivity contribution in [3.63, 3.8) is 0 Å². The summed E-state index contributed by atoms with van der Waals surface area (Å²) in [4.78, 5) is 4.25. The van der Waals surface area contributed by atoms with Crippen molar-refractivity contribution in [3.05, 3.63) is 48.2 Å². The molecule has 0 unspecified atom stereocenters. The maximum Gasteiger partial charge on any atom is 0.173 e. The maximum atomic E-state index is 5.70. The highest BCUT2D eigenvalue weighted by Gasteiger charge is 2.03. The van der Waals surface area contributed by atoms with E-state index in [1.54, 1.807) is 13.3 Å². The van der Waals surface area contributed by atoms with Crippen LogP contribution in [-0.2, 0) is 6.42 Å². The highest BCUT2D eigenvalue weighted by Crippen LogP contribution is 2.24. The summed E-state index contributed by atoms with van der Waals surface area (Å²) in [6, 6.07) is 11.8. The fraction of sp³-hybridized carbons (Fsp3) is 0.214. The van der Waals surface area contributed by atoms with E-state index in [9.17, 15) is 0 Å². The molecule has 0 aliphatic rings. The van der Waals surface area contributed by atoms with Crippen molar-refractivity contribution >= 4 is 23.1 Å². The van der Waals surface area contributed by atoms with Crippen molar-refractivity contribution in [1.82, 2.24) is 4.98 Å². The van der Waals surface area contributed by atoms with Crippen LogP contribution in [0.2, 0.25) is 0 Å². The van der Waals surface area contributed by atoms with Crippen LogP contribution in [0.5, 0.6) is 5.75 Å². The molecule has 0 atom stereocenters. The molecule has 0 radical (unpaired) electrons. The average molecular weight is 263 g/mol. The summed E-state index contributed by atoms with van der Waals surface area (Å²) < 4.78 is 5.24. The molecule has 0 amide bonds. The number of alkyl halides is 1. The van der Waals surface area contributed by atoms with Crippen LogP contribution in [0.25, 0.3) is 0 Å². The molecular weight excluding hydrogens is 248 g/mol. The van der Waals surface area contributed by atoms with Gasteiger partial charge in [-0.1, -0.05) is 12.1 Å². The Labute approximate surface area is 112 Å². The van der Waals surface area contributed by atoms with E-state index >= 15 is 0 Å². The molecule has 94 valence electrons. The Morgan fingerprint density at radius 3 is 2.67 bits per heavy atom. The largest absolute Gasteiger partial charge is 0.493 e. The van der Waals surface area contributed by atoms with Gasteiger partial charge in [-0.05, 0) is 36.2 Å². The fourth-order valence-corrected chi connectivity index (χ4v) is 1.87. The first-order valence-corrected chi connectivity index (χ1v) is 6.28. The SMILES string of the molecule is COc1cccnc1Nc1ccc(CCCl)cc1. The number of halogens is 1. The summed E-state index contributed by atoms with van der Waals surface area (Å²) in [6.45, 7) is 0. The van der Waals surface area contributed by atoms with E-state index in [1.807, 2.05) is 24.3 Å². The number of hydrogen-bond acceptors (Lipinski definition) is 3. The van der Waals surface area contributed by atoms with Gasteiger partial charge in [0.1, 0.15) is 0 Å². The van der Waals surface area contributed by atoms with Gasteiger partial charge in [-0.2, -0.15) is 0 Å². The summed E-state index contributed by atoms with van der Waals surface area (Å²) in [7, 11) is 1.63. The molecular formula is C14H15ClN2O. The molecule has 0 saturated heterocycles. The lowest BCUT2D eigenvalue weighted by atomic mass is 10.1. The molecule has 0 fully saturated rings. The summed E-state index contributed by atoms with van der Waals surface area (Å²) in [5.74, 6) is 2.08. The van der Waals surface area contributed by atoms with Crippen molar-refractivity contribution in [2.24, 2.45) is 0 Å². The van der Waals surface area contributed by atoms with Gasteiger partial charge in [-0.15, -0.1) is 11.6 Å². The van der Waals surface area contributed by atoms with E-state index in [0.29, 0.717) is 11.7 Å². The maximum absolute atomic E-state index is 5.70. The molecule has 0 aliphatic heterocycles. The molecule has 1 N–H and O–H groups in total. The molecule has 0 bridgehead atoms. The molecule has 4 heteroatoms. The van der Waals surface area contributed by atoms with Gasteiger partial charge in [-0.25, -0.2) is 4.98 Å². The van der Waals surface area contributed by atoms with Crippen LogP contribution in [-0.4, -0.2) is 18.0 Å². The minimum atomic E-state index is 0.640. The van der Waals surface area contributed by atoms with Gasteiger partial charge in [0.2, 0.25) is 0 Å². The number of nitrogens with one attached hydrogen (secondary N) is 1. The van der Waals surface area contributed by atoms with Crippen molar-refractivity contribution in [1.29, 1.82) is 0 Å². The number of nitrogens with zero attached hydrogens (tertiary/aromatic N) is 1. The normalized spacial score (nSPS) is 10.1. The Bertz CT molecular complexity index is 499. The number of ether oxygens (including phenoxy) is 1. The molecule has 0 spiro atoms. The van der Waals surface area contributed by atoms with E-state index in [1.165, 1.54) is 5.56 Å². The Kier molecular flexibility index (Phi) is 4.42. The third kappa shape index (κ3) is 3.14. The number of methoxy groups -OCH3 is 1. The number of rotatable bonds is 5. The Morgan fingerprint density at radius 1 is 1.22 bits per heavy atom. The molecule has 0 saturated carbocycles. The Hall–Kier alpha value is -1.74. The van der Waals surface area contributed by atoms with Crippen LogP contribution < -0.4 is 10.1 Å². The Balaban J connectivity index is 2.13. The molecule has 2 rings (SSSR count). The van der Waals surface area contributed by atoms with Crippen LogP contribution in [0.4, 0.5) is 11.5 Å². The van der Waals surface area contributed by atoms with E-state index in [2.05, 4.69) is 22.4 Å². The van der Waals surface area contributed by atoms with Gasteiger partial charge in [0, 0.05) is 17.8 Å². The molecule has 2 aromatic rings. The van der Waals surface area contributed by atoms with Gasteiger partial charge >= 0.3 is 0 Å². The van der Waals surface area contributed by atoms with Gasteiger partial charge < -0.3 is 10.1 Å². The molecule has 1 aromatic carbocycles. The molecule has 1 heterocycles. The van der Waals surface area contributed by atoms with Gasteiger partial charge in [0.05, 0.1) is 7.11 Å². The lowest BCUT2D eigenvalue weighted by Gasteiger charge is -2.10. The topological polar surface area (TPSA) is 34.1 Å².